The van der Waals surface area contributed by atoms with Crippen molar-refractivity contribution >= 4 is 22.7 Å². The summed E-state index contributed by atoms with van der Waals surface area (Å²) in [5.41, 5.74) is 0. The molecule has 2 heterocycles. The summed E-state index contributed by atoms with van der Waals surface area (Å²) in [6.45, 7) is 6.54. The van der Waals surface area contributed by atoms with Crippen molar-refractivity contribution in [3.8, 4) is 9.88 Å². The molecule has 0 radical (unpaired) electrons. The zero-order chi connectivity index (χ0) is 10.1. The van der Waals surface area contributed by atoms with Gasteiger partial charge in [-0.15, -0.1) is 22.7 Å². The van der Waals surface area contributed by atoms with Gasteiger partial charge in [0.15, 0.2) is 0 Å². The second kappa shape index (κ2) is 3.83. The van der Waals surface area contributed by atoms with Crippen LogP contribution in [0.25, 0.3) is 9.88 Å². The first-order chi connectivity index (χ1) is 6.66. The van der Waals surface area contributed by atoms with Gasteiger partial charge in [-0.3, -0.25) is 0 Å². The van der Waals surface area contributed by atoms with E-state index in [1.165, 1.54) is 14.6 Å². The summed E-state index contributed by atoms with van der Waals surface area (Å²) in [4.78, 5) is 8.46. The summed E-state index contributed by atoms with van der Waals surface area (Å²) in [5.74, 6) is 0.585. The third-order valence-electron chi connectivity index (χ3n) is 2.04. The maximum atomic E-state index is 4.45. The van der Waals surface area contributed by atoms with Crippen LogP contribution >= 0.6 is 22.7 Å². The molecule has 2 aromatic rings. The number of rotatable bonds is 2. The molecule has 2 rings (SSSR count). The average molecular weight is 223 g/mol. The highest BCUT2D eigenvalue weighted by molar-refractivity contribution is 7.21. The van der Waals surface area contributed by atoms with E-state index < -0.39 is 0 Å². The first-order valence-electron chi connectivity index (χ1n) is 4.69. The Kier molecular flexibility index (Phi) is 2.70. The normalized spacial score (nSPS) is 11.1. The van der Waals surface area contributed by atoms with Crippen LogP contribution in [0.5, 0.6) is 0 Å². The van der Waals surface area contributed by atoms with Crippen LogP contribution in [-0.4, -0.2) is 4.98 Å². The van der Waals surface area contributed by atoms with Crippen LogP contribution in [0.1, 0.15) is 29.5 Å². The molecule has 0 spiro atoms. The van der Waals surface area contributed by atoms with Crippen molar-refractivity contribution in [2.75, 3.05) is 0 Å². The quantitative estimate of drug-likeness (QED) is 0.739. The summed E-state index contributed by atoms with van der Waals surface area (Å²) in [6, 6.07) is 4.30. The number of thiophene rings is 1. The minimum Gasteiger partial charge on any atom is -0.243 e. The molecule has 0 saturated carbocycles. The van der Waals surface area contributed by atoms with Crippen molar-refractivity contribution < 1.29 is 0 Å². The maximum absolute atomic E-state index is 4.45. The molecule has 0 fully saturated rings. The van der Waals surface area contributed by atoms with E-state index in [1.54, 1.807) is 11.3 Å². The number of thiazole rings is 1. The summed E-state index contributed by atoms with van der Waals surface area (Å²) in [7, 11) is 0. The van der Waals surface area contributed by atoms with E-state index in [0.717, 1.165) is 5.01 Å². The lowest BCUT2D eigenvalue weighted by Gasteiger charge is -1.95. The van der Waals surface area contributed by atoms with Crippen LogP contribution in [0.4, 0.5) is 0 Å². The molecule has 0 amide bonds. The minimum absolute atomic E-state index is 0.585. The van der Waals surface area contributed by atoms with E-state index in [-0.39, 0.29) is 0 Å². The molecule has 0 atom stereocenters. The highest BCUT2D eigenvalue weighted by Crippen LogP contribution is 2.33. The van der Waals surface area contributed by atoms with Gasteiger partial charge in [0.05, 0.1) is 4.88 Å². The zero-order valence-corrected chi connectivity index (χ0v) is 10.2. The van der Waals surface area contributed by atoms with Gasteiger partial charge in [-0.1, -0.05) is 13.8 Å². The maximum Gasteiger partial charge on any atom is 0.133 e. The molecule has 3 heteroatoms. The topological polar surface area (TPSA) is 12.9 Å². The van der Waals surface area contributed by atoms with Gasteiger partial charge in [0.2, 0.25) is 0 Å². The lowest BCUT2D eigenvalue weighted by Crippen LogP contribution is -1.77. The molecule has 0 saturated heterocycles. The van der Waals surface area contributed by atoms with Gasteiger partial charge in [-0.25, -0.2) is 4.98 Å². The first-order valence-corrected chi connectivity index (χ1v) is 6.32. The number of hydrogen-bond acceptors (Lipinski definition) is 3. The summed E-state index contributed by atoms with van der Waals surface area (Å²) in [6.07, 6.45) is 2.00. The van der Waals surface area contributed by atoms with Gasteiger partial charge < -0.3 is 0 Å². The van der Waals surface area contributed by atoms with E-state index >= 15 is 0 Å². The van der Waals surface area contributed by atoms with Crippen LogP contribution in [0.2, 0.25) is 0 Å². The molecular weight excluding hydrogens is 210 g/mol. The molecule has 2 aromatic heterocycles. The highest BCUT2D eigenvalue weighted by Gasteiger charge is 2.08. The van der Waals surface area contributed by atoms with Crippen molar-refractivity contribution in [2.24, 2.45) is 0 Å². The monoisotopic (exact) mass is 223 g/mol. The summed E-state index contributed by atoms with van der Waals surface area (Å²) >= 11 is 3.62. The molecule has 0 aliphatic heterocycles. The standard InChI is InChI=1S/C11H13NS2/c1-7(2)10-6-12-11(14-10)9-5-4-8(3)13-9/h4-7H,1-3H3. The van der Waals surface area contributed by atoms with E-state index in [1.807, 2.05) is 17.5 Å². The second-order valence-electron chi connectivity index (χ2n) is 3.63. The molecule has 0 aliphatic rings. The third-order valence-corrected chi connectivity index (χ3v) is 4.51. The molecule has 0 aliphatic carbocycles. The van der Waals surface area contributed by atoms with Crippen molar-refractivity contribution in [2.45, 2.75) is 26.7 Å². The van der Waals surface area contributed by atoms with Crippen LogP contribution < -0.4 is 0 Å². The number of hydrogen-bond donors (Lipinski definition) is 0. The van der Waals surface area contributed by atoms with Gasteiger partial charge in [0.1, 0.15) is 5.01 Å². The van der Waals surface area contributed by atoms with Crippen LogP contribution in [-0.2, 0) is 0 Å². The predicted octanol–water partition coefficient (Wildman–Crippen LogP) is 4.30. The minimum atomic E-state index is 0.585. The Balaban J connectivity index is 2.33. The van der Waals surface area contributed by atoms with Gasteiger partial charge in [0.25, 0.3) is 0 Å². The Morgan fingerprint density at radius 1 is 1.21 bits per heavy atom. The highest BCUT2D eigenvalue weighted by atomic mass is 32.1. The lowest BCUT2D eigenvalue weighted by atomic mass is 10.2. The fraction of sp³-hybridized carbons (Fsp3) is 0.364. The molecule has 0 unspecified atom stereocenters. The van der Waals surface area contributed by atoms with E-state index in [2.05, 4.69) is 37.9 Å². The SMILES string of the molecule is Cc1ccc(-c2ncc(C(C)C)s2)s1. The largest absolute Gasteiger partial charge is 0.243 e. The van der Waals surface area contributed by atoms with Crippen molar-refractivity contribution in [3.05, 3.63) is 28.1 Å². The van der Waals surface area contributed by atoms with Crippen molar-refractivity contribution in [3.63, 3.8) is 0 Å². The summed E-state index contributed by atoms with van der Waals surface area (Å²) < 4.78 is 0. The third kappa shape index (κ3) is 1.88. The van der Waals surface area contributed by atoms with E-state index in [4.69, 9.17) is 0 Å². The van der Waals surface area contributed by atoms with Crippen LogP contribution in [0, 0.1) is 6.92 Å². The fourth-order valence-electron chi connectivity index (χ4n) is 1.22. The van der Waals surface area contributed by atoms with E-state index in [0.29, 0.717) is 5.92 Å². The molecule has 14 heavy (non-hydrogen) atoms. The molecule has 0 N–H and O–H groups in total. The van der Waals surface area contributed by atoms with Gasteiger partial charge in [-0.05, 0) is 25.0 Å². The molecule has 74 valence electrons. The number of aryl methyl sites for hydroxylation is 1. The van der Waals surface area contributed by atoms with Gasteiger partial charge in [-0.2, -0.15) is 0 Å². The van der Waals surface area contributed by atoms with E-state index in [9.17, 15) is 0 Å². The van der Waals surface area contributed by atoms with Gasteiger partial charge >= 0.3 is 0 Å². The van der Waals surface area contributed by atoms with Gasteiger partial charge in [0, 0.05) is 16.0 Å². The van der Waals surface area contributed by atoms with Crippen LogP contribution in [0.15, 0.2) is 18.3 Å². The van der Waals surface area contributed by atoms with Crippen molar-refractivity contribution in [1.29, 1.82) is 0 Å². The predicted molar refractivity (Wildman–Crippen MR) is 64.3 cm³/mol. The number of nitrogens with zero attached hydrogens (tertiary/aromatic N) is 1. The smallest absolute Gasteiger partial charge is 0.133 e. The molecule has 0 aromatic carbocycles. The summed E-state index contributed by atoms with van der Waals surface area (Å²) in [5, 5.41) is 1.16. The van der Waals surface area contributed by atoms with Crippen LogP contribution in [0.3, 0.4) is 0 Å². The average Bonchev–Trinajstić information content (AvgIpc) is 2.70. The fourth-order valence-corrected chi connectivity index (χ4v) is 3.06. The second-order valence-corrected chi connectivity index (χ2v) is 5.98. The first kappa shape index (κ1) is 9.87. The Hall–Kier alpha value is -0.670. The van der Waals surface area contributed by atoms with Crippen molar-refractivity contribution in [1.82, 2.24) is 4.98 Å². The Labute approximate surface area is 92.4 Å². The molecule has 1 nitrogen and oxygen atoms in total. The molecular formula is C11H13NS2. The lowest BCUT2D eigenvalue weighted by molar-refractivity contribution is 0.885. The number of aromatic nitrogens is 1. The Bertz CT molecular complexity index is 426. The molecule has 0 bridgehead atoms. The Morgan fingerprint density at radius 2 is 2.00 bits per heavy atom. The Morgan fingerprint density at radius 3 is 2.50 bits per heavy atom. The zero-order valence-electron chi connectivity index (χ0n) is 8.57.